The zero-order valence-electron chi connectivity index (χ0n) is 50.9. The predicted molar refractivity (Wildman–Crippen MR) is 379 cm³/mol. The summed E-state index contributed by atoms with van der Waals surface area (Å²) >= 11 is 0. The fraction of sp³-hybridized carbons (Fsp3) is 0.0455. The van der Waals surface area contributed by atoms with Gasteiger partial charge in [-0.1, -0.05) is 255 Å². The lowest BCUT2D eigenvalue weighted by atomic mass is 9.65. The van der Waals surface area contributed by atoms with E-state index in [9.17, 15) is 0 Å². The van der Waals surface area contributed by atoms with Crippen LogP contribution in [0, 0.1) is 5.92 Å². The van der Waals surface area contributed by atoms with Gasteiger partial charge in [-0.15, -0.1) is 0 Å². The number of allylic oxidation sites excluding steroid dienone is 4. The molecule has 2 unspecified atom stereocenters. The van der Waals surface area contributed by atoms with E-state index in [-0.39, 0.29) is 17.3 Å². The Morgan fingerprint density at radius 2 is 0.638 bits per heavy atom. The minimum absolute atomic E-state index is 0.221. The van der Waals surface area contributed by atoms with Gasteiger partial charge in [0.1, 0.15) is 0 Å². The molecular formula is C88H54N6. The van der Waals surface area contributed by atoms with Crippen LogP contribution in [0.3, 0.4) is 0 Å². The molecule has 4 aromatic heterocycles. The molecule has 6 heteroatoms. The molecule has 15 aromatic rings. The minimum Gasteiger partial charge on any atom is -0.256 e. The van der Waals surface area contributed by atoms with E-state index in [0.29, 0.717) is 11.6 Å². The second kappa shape index (κ2) is 20.2. The molecule has 0 fully saturated rings. The summed E-state index contributed by atoms with van der Waals surface area (Å²) in [6.45, 7) is 0. The molecule has 0 saturated heterocycles. The standard InChI is InChI=1S/C88H54N6/c1-15-31-79-57(17-1)45-61(51-89-79)83-49-81(59-41-43-69-67-23-7-13-29-75(67)87(77(69)47-59)71-25-9-3-19-63(71)64-20-4-10-26-72(64)87)91-85(93-83)55-37-33-53(34-38-55)54-35-39-56(40-36-54)86-92-82(50-84(94-86)62-46-58-18-2-16-32-80(58)90-52-62)60-42-44-70-68-24-8-14-30-76(68)88(78(70)48-60)73-27-11-5-21-65(73)66-22-6-12-28-74(66)88/h1-52,67,75H. The summed E-state index contributed by atoms with van der Waals surface area (Å²) in [6, 6.07) is 101. The predicted octanol–water partition coefficient (Wildman–Crippen LogP) is 20.5. The van der Waals surface area contributed by atoms with Gasteiger partial charge in [0.2, 0.25) is 0 Å². The first kappa shape index (κ1) is 52.6. The SMILES string of the molecule is C1=CC2c3ccc(-c4cc(-c5cnc6ccccc6c5)nc(-c5ccc(-c6ccc(-c7nc(-c8ccc9c(c8)C8(c%10ccccc%10-c%10ccccc%108)c8ccccc8-9)cc(-c8cnc9ccccc9c8)n7)cc6)cc5)n4)cc3C3(c4ccccc4-c4ccccc43)C2C=C1. The Hall–Kier alpha value is -12.1. The zero-order valence-corrected chi connectivity index (χ0v) is 50.9. The average molecular weight is 1200 g/mol. The molecule has 0 amide bonds. The van der Waals surface area contributed by atoms with Crippen molar-refractivity contribution in [3.8, 4) is 112 Å². The molecular weight excluding hydrogens is 1140 g/mol. The maximum Gasteiger partial charge on any atom is 0.160 e. The highest BCUT2D eigenvalue weighted by atomic mass is 14.9. The second-order valence-electron chi connectivity index (χ2n) is 25.6. The van der Waals surface area contributed by atoms with E-state index < -0.39 is 5.41 Å². The van der Waals surface area contributed by atoms with Gasteiger partial charge in [-0.05, 0) is 138 Å². The summed E-state index contributed by atoms with van der Waals surface area (Å²) in [5, 5.41) is 2.11. The fourth-order valence-corrected chi connectivity index (χ4v) is 16.8. The number of benzene rings is 11. The Labute approximate surface area is 543 Å². The van der Waals surface area contributed by atoms with Crippen molar-refractivity contribution in [3.63, 3.8) is 0 Å². The van der Waals surface area contributed by atoms with E-state index in [4.69, 9.17) is 29.9 Å². The van der Waals surface area contributed by atoms with Crippen LogP contribution in [0.4, 0.5) is 0 Å². The van der Waals surface area contributed by atoms with Crippen molar-refractivity contribution in [3.05, 3.63) is 360 Å². The largest absolute Gasteiger partial charge is 0.256 e. The third-order valence-corrected chi connectivity index (χ3v) is 20.9. The van der Waals surface area contributed by atoms with Gasteiger partial charge in [0.25, 0.3) is 0 Å². The molecule has 0 aliphatic heterocycles. The van der Waals surface area contributed by atoms with Crippen LogP contribution in [0.5, 0.6) is 0 Å². The van der Waals surface area contributed by atoms with Crippen LogP contribution in [0.25, 0.3) is 134 Å². The molecule has 94 heavy (non-hydrogen) atoms. The van der Waals surface area contributed by atoms with E-state index in [0.717, 1.165) is 89.1 Å². The van der Waals surface area contributed by atoms with Crippen LogP contribution in [-0.4, -0.2) is 29.9 Å². The Balaban J connectivity index is 0.680. The molecule has 0 radical (unpaired) electrons. The van der Waals surface area contributed by atoms with Crippen molar-refractivity contribution >= 4 is 21.8 Å². The molecule has 0 bridgehead atoms. The quantitative estimate of drug-likeness (QED) is 0.158. The summed E-state index contributed by atoms with van der Waals surface area (Å²) in [6.07, 6.45) is 13.2. The smallest absolute Gasteiger partial charge is 0.160 e. The lowest BCUT2D eigenvalue weighted by molar-refractivity contribution is 0.465. The first-order chi connectivity index (χ1) is 46.5. The Kier molecular flexibility index (Phi) is 11.3. The first-order valence-electron chi connectivity index (χ1n) is 32.4. The molecule has 2 atom stereocenters. The minimum atomic E-state index is -0.487. The molecule has 436 valence electrons. The summed E-state index contributed by atoms with van der Waals surface area (Å²) in [5.74, 6) is 1.73. The van der Waals surface area contributed by atoms with Crippen molar-refractivity contribution in [1.29, 1.82) is 0 Å². The molecule has 2 spiro atoms. The molecule has 0 saturated carbocycles. The highest BCUT2D eigenvalue weighted by Gasteiger charge is 2.57. The molecule has 5 aliphatic carbocycles. The molecule has 6 nitrogen and oxygen atoms in total. The zero-order chi connectivity index (χ0) is 61.6. The molecule has 11 aromatic carbocycles. The highest BCUT2D eigenvalue weighted by molar-refractivity contribution is 5.97. The van der Waals surface area contributed by atoms with Crippen molar-refractivity contribution < 1.29 is 0 Å². The number of pyridine rings is 2. The van der Waals surface area contributed by atoms with Crippen LogP contribution in [-0.2, 0) is 10.8 Å². The second-order valence-corrected chi connectivity index (χ2v) is 25.6. The van der Waals surface area contributed by atoms with Crippen LogP contribution < -0.4 is 0 Å². The fourth-order valence-electron chi connectivity index (χ4n) is 16.8. The Morgan fingerprint density at radius 3 is 1.14 bits per heavy atom. The number of fused-ring (bicyclic) bond motifs is 22. The van der Waals surface area contributed by atoms with Crippen molar-refractivity contribution in [2.45, 2.75) is 16.7 Å². The summed E-state index contributed by atoms with van der Waals surface area (Å²) in [5.41, 5.74) is 30.5. The van der Waals surface area contributed by atoms with Crippen molar-refractivity contribution in [2.24, 2.45) is 5.92 Å². The maximum atomic E-state index is 5.49. The topological polar surface area (TPSA) is 77.3 Å². The molecule has 4 heterocycles. The summed E-state index contributed by atoms with van der Waals surface area (Å²) < 4.78 is 0. The molecule has 0 N–H and O–H groups in total. The van der Waals surface area contributed by atoms with E-state index in [2.05, 4.69) is 285 Å². The monoisotopic (exact) mass is 1190 g/mol. The van der Waals surface area contributed by atoms with Crippen LogP contribution >= 0.6 is 0 Å². The molecule has 20 rings (SSSR count). The number of rotatable bonds is 7. The van der Waals surface area contributed by atoms with Gasteiger partial charge in [0.05, 0.1) is 44.6 Å². The van der Waals surface area contributed by atoms with Gasteiger partial charge in [-0.25, -0.2) is 19.9 Å². The summed E-state index contributed by atoms with van der Waals surface area (Å²) in [7, 11) is 0. The Morgan fingerprint density at radius 1 is 0.266 bits per heavy atom. The van der Waals surface area contributed by atoms with Gasteiger partial charge >= 0.3 is 0 Å². The lowest BCUT2D eigenvalue weighted by Gasteiger charge is -2.36. The van der Waals surface area contributed by atoms with Gasteiger partial charge in [-0.3, -0.25) is 9.97 Å². The van der Waals surface area contributed by atoms with Gasteiger partial charge < -0.3 is 0 Å². The van der Waals surface area contributed by atoms with Crippen LogP contribution in [0.1, 0.15) is 50.4 Å². The third-order valence-electron chi connectivity index (χ3n) is 20.9. The van der Waals surface area contributed by atoms with E-state index >= 15 is 0 Å². The summed E-state index contributed by atoms with van der Waals surface area (Å²) in [4.78, 5) is 31.5. The van der Waals surface area contributed by atoms with E-state index in [1.165, 1.54) is 77.9 Å². The average Bonchev–Trinajstić information content (AvgIpc) is 1.52. The van der Waals surface area contributed by atoms with Gasteiger partial charge in [0.15, 0.2) is 11.6 Å². The first-order valence-corrected chi connectivity index (χ1v) is 32.4. The number of para-hydroxylation sites is 2. The van der Waals surface area contributed by atoms with Crippen LogP contribution in [0.2, 0.25) is 0 Å². The van der Waals surface area contributed by atoms with Crippen LogP contribution in [0.15, 0.2) is 316 Å². The number of aromatic nitrogens is 6. The lowest BCUT2D eigenvalue weighted by Crippen LogP contribution is -2.32. The van der Waals surface area contributed by atoms with Gasteiger partial charge in [-0.2, -0.15) is 0 Å². The highest BCUT2D eigenvalue weighted by Crippen LogP contribution is 2.66. The maximum absolute atomic E-state index is 5.49. The Bertz CT molecular complexity index is 5670. The van der Waals surface area contributed by atoms with E-state index in [1.54, 1.807) is 0 Å². The van der Waals surface area contributed by atoms with Crippen molar-refractivity contribution in [2.75, 3.05) is 0 Å². The molecule has 5 aliphatic rings. The van der Waals surface area contributed by atoms with Gasteiger partial charge in [0, 0.05) is 68.4 Å². The third kappa shape index (κ3) is 7.59. The number of hydrogen-bond acceptors (Lipinski definition) is 6. The van der Waals surface area contributed by atoms with Crippen molar-refractivity contribution in [1.82, 2.24) is 29.9 Å². The number of hydrogen-bond donors (Lipinski definition) is 0. The van der Waals surface area contributed by atoms with E-state index in [1.807, 2.05) is 30.6 Å². The normalized spacial score (nSPS) is 15.7. The number of nitrogens with zero attached hydrogens (tertiary/aromatic N) is 6.